The standard InChI is InChI=1S/C19H20F2N8/c1-19(2,3)10(5-16-26-28-29-27-16)4-15-14(21)9-24-18(25-15)13-8-23-17-12(13)6-11(20)7-22-17/h6-10H,4-5H2,1-3H3,(H,22,23)(H,26,27,28,29). The highest BCUT2D eigenvalue weighted by atomic mass is 19.1. The van der Waals surface area contributed by atoms with E-state index in [0.29, 0.717) is 41.1 Å². The predicted octanol–water partition coefficient (Wildman–Crippen LogP) is 3.26. The van der Waals surface area contributed by atoms with E-state index in [9.17, 15) is 8.78 Å². The smallest absolute Gasteiger partial charge is 0.174 e. The van der Waals surface area contributed by atoms with Crippen molar-refractivity contribution in [1.29, 1.82) is 0 Å². The van der Waals surface area contributed by atoms with Crippen molar-refractivity contribution in [2.24, 2.45) is 11.3 Å². The molecular formula is C19H20F2N8. The van der Waals surface area contributed by atoms with Gasteiger partial charge in [0.15, 0.2) is 17.5 Å². The van der Waals surface area contributed by atoms with Crippen molar-refractivity contribution in [1.82, 2.24) is 40.6 Å². The Hall–Kier alpha value is -3.30. The molecule has 4 rings (SSSR count). The topological polar surface area (TPSA) is 109 Å². The second-order valence-electron chi connectivity index (χ2n) is 8.04. The van der Waals surface area contributed by atoms with E-state index in [4.69, 9.17) is 0 Å². The van der Waals surface area contributed by atoms with Gasteiger partial charge < -0.3 is 4.98 Å². The first-order chi connectivity index (χ1) is 13.8. The first kappa shape index (κ1) is 19.0. The summed E-state index contributed by atoms with van der Waals surface area (Å²) in [5.74, 6) is -0.0571. The number of halogens is 2. The van der Waals surface area contributed by atoms with Gasteiger partial charge in [-0.1, -0.05) is 26.0 Å². The maximum Gasteiger partial charge on any atom is 0.174 e. The third kappa shape index (κ3) is 3.96. The van der Waals surface area contributed by atoms with Crippen LogP contribution in [-0.4, -0.2) is 40.6 Å². The molecule has 4 aromatic heterocycles. The summed E-state index contributed by atoms with van der Waals surface area (Å²) < 4.78 is 28.2. The molecule has 8 nitrogen and oxygen atoms in total. The summed E-state index contributed by atoms with van der Waals surface area (Å²) in [5, 5.41) is 14.6. The van der Waals surface area contributed by atoms with Crippen molar-refractivity contribution in [2.45, 2.75) is 33.6 Å². The van der Waals surface area contributed by atoms with Gasteiger partial charge in [-0.05, 0) is 23.8 Å². The summed E-state index contributed by atoms with van der Waals surface area (Å²) in [4.78, 5) is 15.5. The Kier molecular flexibility index (Phi) is 4.77. The molecule has 0 bridgehead atoms. The number of H-pyrrole nitrogens is 2. The van der Waals surface area contributed by atoms with Crippen LogP contribution in [0.5, 0.6) is 0 Å². The predicted molar refractivity (Wildman–Crippen MR) is 102 cm³/mol. The van der Waals surface area contributed by atoms with Gasteiger partial charge in [0.05, 0.1) is 18.1 Å². The lowest BCUT2D eigenvalue weighted by Crippen LogP contribution is -2.26. The molecular weight excluding hydrogens is 378 g/mol. The van der Waals surface area contributed by atoms with Gasteiger partial charge in [0.2, 0.25) is 0 Å². The normalized spacial score (nSPS) is 13.1. The molecule has 0 aliphatic rings. The molecule has 4 heterocycles. The lowest BCUT2D eigenvalue weighted by molar-refractivity contribution is 0.230. The molecule has 150 valence electrons. The van der Waals surface area contributed by atoms with E-state index in [1.165, 1.54) is 6.07 Å². The van der Waals surface area contributed by atoms with Crippen molar-refractivity contribution < 1.29 is 8.78 Å². The molecule has 4 aromatic rings. The van der Waals surface area contributed by atoms with Crippen LogP contribution in [0.15, 0.2) is 24.7 Å². The number of fused-ring (bicyclic) bond motifs is 1. The number of nitrogens with zero attached hydrogens (tertiary/aromatic N) is 6. The number of hydrogen-bond donors (Lipinski definition) is 2. The van der Waals surface area contributed by atoms with Crippen molar-refractivity contribution in [3.05, 3.63) is 47.8 Å². The van der Waals surface area contributed by atoms with Crippen LogP contribution in [0.3, 0.4) is 0 Å². The Balaban J connectivity index is 1.69. The molecule has 10 heteroatoms. The van der Waals surface area contributed by atoms with E-state index in [2.05, 4.69) is 61.3 Å². The van der Waals surface area contributed by atoms with Crippen LogP contribution in [-0.2, 0) is 12.8 Å². The maximum absolute atomic E-state index is 14.6. The monoisotopic (exact) mass is 398 g/mol. The summed E-state index contributed by atoms with van der Waals surface area (Å²) in [7, 11) is 0. The summed E-state index contributed by atoms with van der Waals surface area (Å²) in [6, 6.07) is 1.36. The van der Waals surface area contributed by atoms with Crippen LogP contribution < -0.4 is 0 Å². The second-order valence-corrected chi connectivity index (χ2v) is 8.04. The van der Waals surface area contributed by atoms with Crippen LogP contribution in [0.1, 0.15) is 32.3 Å². The minimum absolute atomic E-state index is 0.0134. The zero-order chi connectivity index (χ0) is 20.6. The van der Waals surface area contributed by atoms with Crippen molar-refractivity contribution in [3.63, 3.8) is 0 Å². The Labute approximate surface area is 165 Å². The molecule has 0 aliphatic carbocycles. The average Bonchev–Trinajstić information content (AvgIpc) is 3.31. The van der Waals surface area contributed by atoms with Crippen molar-refractivity contribution >= 4 is 11.0 Å². The van der Waals surface area contributed by atoms with E-state index in [0.717, 1.165) is 12.4 Å². The lowest BCUT2D eigenvalue weighted by Gasteiger charge is -2.29. The quantitative estimate of drug-likeness (QED) is 0.534. The summed E-state index contributed by atoms with van der Waals surface area (Å²) >= 11 is 0. The number of hydrogen-bond acceptors (Lipinski definition) is 6. The molecule has 0 spiro atoms. The fourth-order valence-corrected chi connectivity index (χ4v) is 3.25. The van der Waals surface area contributed by atoms with Crippen molar-refractivity contribution in [3.8, 4) is 11.4 Å². The summed E-state index contributed by atoms with van der Waals surface area (Å²) in [6.45, 7) is 6.23. The highest BCUT2D eigenvalue weighted by Gasteiger charge is 2.28. The lowest BCUT2D eigenvalue weighted by atomic mass is 9.76. The number of aromatic nitrogens is 8. The van der Waals surface area contributed by atoms with E-state index < -0.39 is 11.6 Å². The van der Waals surface area contributed by atoms with Gasteiger partial charge in [-0.2, -0.15) is 5.21 Å². The molecule has 0 fully saturated rings. The molecule has 0 radical (unpaired) electrons. The average molecular weight is 398 g/mol. The fourth-order valence-electron chi connectivity index (χ4n) is 3.25. The summed E-state index contributed by atoms with van der Waals surface area (Å²) in [6.07, 6.45) is 4.83. The van der Waals surface area contributed by atoms with Gasteiger partial charge in [-0.25, -0.2) is 23.7 Å². The Morgan fingerprint density at radius 2 is 1.93 bits per heavy atom. The van der Waals surface area contributed by atoms with Gasteiger partial charge in [0.25, 0.3) is 0 Å². The molecule has 0 aliphatic heterocycles. The molecule has 29 heavy (non-hydrogen) atoms. The third-order valence-corrected chi connectivity index (χ3v) is 5.04. The second kappa shape index (κ2) is 7.26. The Morgan fingerprint density at radius 1 is 1.10 bits per heavy atom. The molecule has 0 saturated heterocycles. The molecule has 1 unspecified atom stereocenters. The first-order valence-corrected chi connectivity index (χ1v) is 9.18. The number of nitrogens with one attached hydrogen (secondary N) is 2. The molecule has 0 aromatic carbocycles. The van der Waals surface area contributed by atoms with Crippen molar-refractivity contribution in [2.75, 3.05) is 0 Å². The number of aromatic amines is 2. The van der Waals surface area contributed by atoms with Gasteiger partial charge in [-0.15, -0.1) is 10.2 Å². The highest BCUT2D eigenvalue weighted by Crippen LogP contribution is 2.32. The number of rotatable bonds is 5. The fraction of sp³-hybridized carbons (Fsp3) is 0.368. The molecule has 0 saturated carbocycles. The van der Waals surface area contributed by atoms with Gasteiger partial charge in [-0.3, -0.25) is 0 Å². The van der Waals surface area contributed by atoms with Crippen LogP contribution in [0.25, 0.3) is 22.4 Å². The van der Waals surface area contributed by atoms with Gasteiger partial charge >= 0.3 is 0 Å². The molecule has 0 amide bonds. The minimum atomic E-state index is -0.486. The van der Waals surface area contributed by atoms with E-state index in [1.807, 2.05) is 0 Å². The first-order valence-electron chi connectivity index (χ1n) is 9.18. The zero-order valence-electron chi connectivity index (χ0n) is 16.2. The van der Waals surface area contributed by atoms with E-state index in [-0.39, 0.29) is 17.0 Å². The molecule has 2 N–H and O–H groups in total. The van der Waals surface area contributed by atoms with Crippen LogP contribution >= 0.6 is 0 Å². The van der Waals surface area contributed by atoms with Gasteiger partial charge in [0, 0.05) is 23.6 Å². The third-order valence-electron chi connectivity index (χ3n) is 5.04. The van der Waals surface area contributed by atoms with Gasteiger partial charge in [0.1, 0.15) is 11.5 Å². The Bertz CT molecular complexity index is 1130. The minimum Gasteiger partial charge on any atom is -0.345 e. The van der Waals surface area contributed by atoms with E-state index in [1.54, 1.807) is 6.20 Å². The van der Waals surface area contributed by atoms with Crippen LogP contribution in [0, 0.1) is 23.0 Å². The number of pyridine rings is 1. The van der Waals surface area contributed by atoms with Crippen LogP contribution in [0.2, 0.25) is 0 Å². The Morgan fingerprint density at radius 3 is 2.66 bits per heavy atom. The van der Waals surface area contributed by atoms with Crippen LogP contribution in [0.4, 0.5) is 8.78 Å². The SMILES string of the molecule is CC(C)(C)C(Cc1nn[nH]n1)Cc1nc(-c2c[nH]c3ncc(F)cc23)ncc1F. The largest absolute Gasteiger partial charge is 0.345 e. The maximum atomic E-state index is 14.6. The summed E-state index contributed by atoms with van der Waals surface area (Å²) in [5.41, 5.74) is 1.22. The molecule has 1 atom stereocenters. The van der Waals surface area contributed by atoms with E-state index >= 15 is 0 Å². The zero-order valence-corrected chi connectivity index (χ0v) is 16.2. The highest BCUT2D eigenvalue weighted by molar-refractivity contribution is 5.91. The number of tetrazole rings is 1.